The Kier molecular flexibility index (Phi) is 14.2. The summed E-state index contributed by atoms with van der Waals surface area (Å²) in [5, 5.41) is 0. The summed E-state index contributed by atoms with van der Waals surface area (Å²) in [5.74, 6) is 0. The van der Waals surface area contributed by atoms with Gasteiger partial charge in [0.2, 0.25) is 34.2 Å². The molecule has 6 aromatic carbocycles. The number of rotatable bonds is 6. The highest BCUT2D eigenvalue weighted by atomic mass is 14.9. The molecular formula is C88H104N6+6. The molecule has 0 unspecified atom stereocenters. The van der Waals surface area contributed by atoms with Gasteiger partial charge in [0.05, 0.1) is 0 Å². The second-order valence-electron chi connectivity index (χ2n) is 23.2. The smallest absolute Gasteiger partial charge is 0.201 e. The first-order valence-corrected chi connectivity index (χ1v) is 30.4. The van der Waals surface area contributed by atoms with Crippen molar-refractivity contribution in [3.63, 3.8) is 0 Å². The van der Waals surface area contributed by atoms with E-state index in [2.05, 4.69) is 61.1 Å². The van der Waals surface area contributed by atoms with Crippen molar-refractivity contribution < 1.29 is 68.5 Å². The van der Waals surface area contributed by atoms with Gasteiger partial charge in [-0.2, -0.15) is 0 Å². The minimum Gasteiger partial charge on any atom is -0.201 e. The Morgan fingerprint density at radius 3 is 0.872 bits per heavy atom. The number of aryl methyl sites for hydroxylation is 22. The summed E-state index contributed by atoms with van der Waals surface area (Å²) in [6, 6.07) is 57.8. The number of aromatic nitrogens is 6. The minimum absolute atomic E-state index is 0.121. The van der Waals surface area contributed by atoms with E-state index in [9.17, 15) is 0 Å². The maximum absolute atomic E-state index is 7.69. The molecule has 6 heteroatoms. The van der Waals surface area contributed by atoms with Gasteiger partial charge in [-0.25, -0.2) is 27.4 Å². The highest BCUT2D eigenvalue weighted by Crippen LogP contribution is 2.27. The van der Waals surface area contributed by atoms with Crippen LogP contribution in [-0.2, 0) is 42.3 Å². The summed E-state index contributed by atoms with van der Waals surface area (Å²) >= 11 is 0. The molecule has 0 atom stereocenters. The second kappa shape index (κ2) is 33.2. The van der Waals surface area contributed by atoms with Gasteiger partial charge in [-0.3, -0.25) is 0 Å². The molecule has 6 nitrogen and oxygen atoms in total. The van der Waals surface area contributed by atoms with Crippen LogP contribution in [0.5, 0.6) is 0 Å². The first-order chi connectivity index (χ1) is 56.8. The topological polar surface area (TPSA) is 23.3 Å². The highest BCUT2D eigenvalue weighted by molar-refractivity contribution is 5.66. The molecule has 94 heavy (non-hydrogen) atoms. The Hall–Kier alpha value is -9.78. The van der Waals surface area contributed by atoms with Crippen molar-refractivity contribution in [2.45, 2.75) is 110 Å². The maximum Gasteiger partial charge on any atom is 0.212 e. The molecule has 0 radical (unpaired) electrons. The lowest BCUT2D eigenvalue weighted by Gasteiger charge is -2.07. The molecule has 12 rings (SSSR count). The summed E-state index contributed by atoms with van der Waals surface area (Å²) in [7, 11) is 10.9. The predicted octanol–water partition coefficient (Wildman–Crippen LogP) is 18.0. The lowest BCUT2D eigenvalue weighted by molar-refractivity contribution is -0.660. The molecule has 12 aromatic rings. The molecule has 0 N–H and O–H groups in total. The van der Waals surface area contributed by atoms with Crippen LogP contribution in [0.25, 0.3) is 67.5 Å². The fourth-order valence-electron chi connectivity index (χ4n) is 10.7. The zero-order valence-electron chi connectivity index (χ0n) is 85.6. The van der Waals surface area contributed by atoms with Gasteiger partial charge < -0.3 is 0 Å². The van der Waals surface area contributed by atoms with Crippen LogP contribution in [-0.4, -0.2) is 0 Å². The molecule has 6 heterocycles. The third kappa shape index (κ3) is 19.2. The van der Waals surface area contributed by atoms with Crippen LogP contribution >= 0.6 is 0 Å². The van der Waals surface area contributed by atoms with Gasteiger partial charge in [-0.15, -0.1) is 0 Å². The van der Waals surface area contributed by atoms with Gasteiger partial charge in [-0.05, 0) is 215 Å². The van der Waals surface area contributed by atoms with Crippen molar-refractivity contribution in [2.24, 2.45) is 42.3 Å². The lowest BCUT2D eigenvalue weighted by Crippen LogP contribution is -2.31. The van der Waals surface area contributed by atoms with Crippen molar-refractivity contribution in [3.05, 3.63) is 320 Å². The van der Waals surface area contributed by atoms with Gasteiger partial charge in [0, 0.05) is 145 Å². The van der Waals surface area contributed by atoms with E-state index in [1.807, 2.05) is 112 Å². The van der Waals surface area contributed by atoms with Crippen molar-refractivity contribution in [3.8, 4) is 67.5 Å². The number of hydrogen-bond acceptors (Lipinski definition) is 0. The van der Waals surface area contributed by atoms with Gasteiger partial charge in [-0.1, -0.05) is 108 Å². The largest absolute Gasteiger partial charge is 0.212 e. The minimum atomic E-state index is -2.58. The summed E-state index contributed by atoms with van der Waals surface area (Å²) in [6.45, 7) is -11.4. The zero-order valence-corrected chi connectivity index (χ0v) is 55.6. The van der Waals surface area contributed by atoms with E-state index in [0.29, 0.717) is 33.6 Å². The van der Waals surface area contributed by atoms with E-state index >= 15 is 0 Å². The summed E-state index contributed by atoms with van der Waals surface area (Å²) in [4.78, 5) is 0. The molecule has 0 saturated heterocycles. The summed E-state index contributed by atoms with van der Waals surface area (Å²) < 4.78 is 237. The third-order valence-electron chi connectivity index (χ3n) is 15.8. The second-order valence-corrected chi connectivity index (χ2v) is 23.2. The number of nitrogens with zero attached hydrogens (tertiary/aromatic N) is 6. The average Bonchev–Trinajstić information content (AvgIpc) is 0.774. The molecule has 6 aromatic heterocycles. The van der Waals surface area contributed by atoms with Crippen LogP contribution in [0.2, 0.25) is 0 Å². The molecular weight excluding hydrogens is 1140 g/mol. The first-order valence-electron chi connectivity index (χ1n) is 45.4. The molecule has 0 fully saturated rings. The normalized spacial score (nSPS) is 16.5. The van der Waals surface area contributed by atoms with Crippen LogP contribution in [0, 0.1) is 110 Å². The van der Waals surface area contributed by atoms with Gasteiger partial charge in [0.15, 0.2) is 37.2 Å². The van der Waals surface area contributed by atoms with E-state index < -0.39 is 68.5 Å². The number of benzene rings is 6. The van der Waals surface area contributed by atoms with E-state index in [-0.39, 0.29) is 44.5 Å². The molecule has 480 valence electrons. The van der Waals surface area contributed by atoms with Crippen LogP contribution in [0.4, 0.5) is 0 Å². The van der Waals surface area contributed by atoms with E-state index in [0.717, 1.165) is 56.0 Å². The lowest BCUT2D eigenvalue weighted by atomic mass is 10.0. The van der Waals surface area contributed by atoms with Gasteiger partial charge in [0.25, 0.3) is 0 Å². The third-order valence-corrected chi connectivity index (χ3v) is 15.8. The van der Waals surface area contributed by atoms with Crippen molar-refractivity contribution in [1.29, 1.82) is 0 Å². The fraction of sp³-hybridized carbons (Fsp3) is 0.250. The van der Waals surface area contributed by atoms with Crippen LogP contribution in [0.15, 0.2) is 231 Å². The number of pyridine rings is 6. The SMILES string of the molecule is Cc1ccccc1-c1cccc[n+]1C.[2H]C([2H])([2H])c1cc(-c2ccccc2C)[n+](C)cc1C([2H])([2H])[2H].[2H]C([2H])([2H])c1ccc(-c2cc(C([2H])([2H])[2H])c(C([2H])([2H])[2H])c[n+]2C)c(C)c1.[2H]C([2H])([2H])c1ccc(-c2cc(C([2H])([2H])[2H])cc[n+]2C)c(C)c1.[2H]C([2H])([2H])c1ccc(-c2ccc(C([2H])([2H])[2H])c[n+]2C)c(C)c1.[2H]C([2H])([2H])c1ccc(-c2ccccc2C)[n+](C)c1. The van der Waals surface area contributed by atoms with Crippen molar-refractivity contribution >= 4 is 0 Å². The highest BCUT2D eigenvalue weighted by Gasteiger charge is 2.18. The van der Waals surface area contributed by atoms with Gasteiger partial charge >= 0.3 is 0 Å². The van der Waals surface area contributed by atoms with Crippen LogP contribution in [0.1, 0.15) is 130 Å². The summed E-state index contributed by atoms with van der Waals surface area (Å²) in [6.07, 6.45) is 9.74. The molecule has 0 amide bonds. The molecule has 0 aliphatic heterocycles. The monoisotopic (exact) mass is 1280 g/mol. The van der Waals surface area contributed by atoms with E-state index in [4.69, 9.17) is 41.1 Å². The van der Waals surface area contributed by atoms with Crippen LogP contribution < -0.4 is 27.4 Å². The fourth-order valence-corrected chi connectivity index (χ4v) is 10.7. The Morgan fingerprint density at radius 2 is 0.511 bits per heavy atom. The predicted molar refractivity (Wildman–Crippen MR) is 394 cm³/mol. The Labute approximate surface area is 607 Å². The molecule has 0 saturated carbocycles. The number of hydrogen-bond donors (Lipinski definition) is 0. The van der Waals surface area contributed by atoms with Crippen molar-refractivity contribution in [1.82, 2.24) is 0 Å². The summed E-state index contributed by atoms with van der Waals surface area (Å²) in [5.41, 5.74) is 17.4. The van der Waals surface area contributed by atoms with Crippen LogP contribution in [0.3, 0.4) is 0 Å². The van der Waals surface area contributed by atoms with Crippen molar-refractivity contribution in [2.75, 3.05) is 0 Å². The quantitative estimate of drug-likeness (QED) is 0.148. The molecule has 0 aliphatic carbocycles. The first kappa shape index (κ1) is 40.4. The standard InChI is InChI=1S/C16H20N.3C15H18N.C14H16N.C13H14N/c1-11-6-7-15(13(3)8-11)16-9-12(2)14(4)10-17(16)5;1-11-5-7-14(13(3)9-11)15-8-6-12(2)10-16(15)4;1-11-5-6-14(13(3)9-11)15-10-12(2)7-8-16(15)4;1-11-7-5-6-8-14(11)15-9-12(2)13(3)10-16(15)4;1-11-8-9-14(15(3)10-11)13-7-5-4-6-12(13)2;1-11-7-3-4-8-12(11)13-9-5-6-10-14(13)2/h6-10H,1-5H3;3*5-10H,1-4H3;4-10H,1-3H3;3-10H,1-2H3/q6*+1/i1D3,2D3,4D3;2*1D3,2D3;2D3,3D3;1D3;. The van der Waals surface area contributed by atoms with Gasteiger partial charge in [0.1, 0.15) is 42.3 Å². The Balaban J connectivity index is 0.000000206. The average molecular weight is 1280 g/mol. The Morgan fingerprint density at radius 1 is 0.202 bits per heavy atom. The van der Waals surface area contributed by atoms with E-state index in [1.54, 1.807) is 133 Å². The van der Waals surface area contributed by atoms with E-state index in [1.165, 1.54) is 59.0 Å². The molecule has 0 spiro atoms. The molecule has 0 aliphatic rings. The maximum atomic E-state index is 7.69. The Bertz CT molecular complexity index is 5660. The zero-order chi connectivity index (χ0) is 93.5. The molecule has 0 bridgehead atoms.